The number of hydrogen-bond acceptors (Lipinski definition) is 5. The monoisotopic (exact) mass is 235 g/mol. The van der Waals surface area contributed by atoms with Gasteiger partial charge in [0, 0.05) is 11.3 Å². The van der Waals surface area contributed by atoms with Crippen LogP contribution in [0.4, 0.5) is 0 Å². The van der Waals surface area contributed by atoms with Gasteiger partial charge in [0.25, 0.3) is 0 Å². The number of tetrazole rings is 1. The second-order valence-electron chi connectivity index (χ2n) is 3.25. The Kier molecular flexibility index (Phi) is 3.53. The van der Waals surface area contributed by atoms with Gasteiger partial charge >= 0.3 is 0 Å². The topological polar surface area (TPSA) is 69.6 Å². The van der Waals surface area contributed by atoms with E-state index in [1.165, 1.54) is 4.90 Å². The van der Waals surface area contributed by atoms with Crippen molar-refractivity contribution in [2.45, 2.75) is 11.3 Å². The van der Waals surface area contributed by atoms with Gasteiger partial charge in [0.1, 0.15) is 0 Å². The van der Waals surface area contributed by atoms with E-state index in [0.29, 0.717) is 13.0 Å². The molecule has 2 aromatic rings. The van der Waals surface area contributed by atoms with E-state index in [-0.39, 0.29) is 0 Å². The molecule has 0 aliphatic heterocycles. The van der Waals surface area contributed by atoms with Crippen LogP contribution < -0.4 is 5.73 Å². The molecule has 0 aliphatic rings. The number of hydrogen-bond donors (Lipinski definition) is 1. The summed E-state index contributed by atoms with van der Waals surface area (Å²) in [6.45, 7) is 0.544. The molecule has 84 valence electrons. The van der Waals surface area contributed by atoms with Crippen LogP contribution in [-0.2, 0) is 6.42 Å². The Bertz CT molecular complexity index is 468. The predicted molar refractivity (Wildman–Crippen MR) is 63.7 cm³/mol. The number of aromatic nitrogens is 4. The molecule has 0 amide bonds. The maximum atomic E-state index is 5.51. The van der Waals surface area contributed by atoms with Gasteiger partial charge in [0.2, 0.25) is 0 Å². The Hall–Kier alpha value is -1.40. The molecule has 2 rings (SSSR count). The molecule has 6 heteroatoms. The highest BCUT2D eigenvalue weighted by atomic mass is 32.2. The SMILES string of the molecule is CSc1cccc(-n2nnnc2CCN)c1. The van der Waals surface area contributed by atoms with Crippen LogP contribution in [0.15, 0.2) is 29.2 Å². The summed E-state index contributed by atoms with van der Waals surface area (Å²) in [6.07, 6.45) is 2.72. The maximum Gasteiger partial charge on any atom is 0.157 e. The van der Waals surface area contributed by atoms with Crippen molar-refractivity contribution >= 4 is 11.8 Å². The lowest BCUT2D eigenvalue weighted by molar-refractivity contribution is 0.753. The molecule has 0 radical (unpaired) electrons. The third-order valence-corrected chi connectivity index (χ3v) is 2.93. The van der Waals surface area contributed by atoms with Gasteiger partial charge in [-0.05, 0) is 41.4 Å². The maximum absolute atomic E-state index is 5.51. The zero-order chi connectivity index (χ0) is 11.4. The Morgan fingerprint density at radius 1 is 1.44 bits per heavy atom. The first-order chi connectivity index (χ1) is 7.85. The first-order valence-electron chi connectivity index (χ1n) is 4.97. The molecule has 0 fully saturated rings. The lowest BCUT2D eigenvalue weighted by atomic mass is 10.3. The summed E-state index contributed by atoms with van der Waals surface area (Å²) in [7, 11) is 0. The highest BCUT2D eigenvalue weighted by Gasteiger charge is 2.07. The summed E-state index contributed by atoms with van der Waals surface area (Å²) in [5, 5.41) is 11.6. The standard InChI is InChI=1S/C10H13N5S/c1-16-9-4-2-3-8(7-9)15-10(5-6-11)12-13-14-15/h2-4,7H,5-6,11H2,1H3. The second kappa shape index (κ2) is 5.09. The van der Waals surface area contributed by atoms with Crippen LogP contribution in [0, 0.1) is 0 Å². The zero-order valence-corrected chi connectivity index (χ0v) is 9.81. The average Bonchev–Trinajstić information content (AvgIpc) is 2.78. The first-order valence-corrected chi connectivity index (χ1v) is 6.19. The molecule has 0 atom stereocenters. The van der Waals surface area contributed by atoms with Gasteiger partial charge in [-0.3, -0.25) is 0 Å². The third kappa shape index (κ3) is 2.23. The van der Waals surface area contributed by atoms with Crippen molar-refractivity contribution in [3.05, 3.63) is 30.1 Å². The molecule has 0 saturated heterocycles. The van der Waals surface area contributed by atoms with Gasteiger partial charge in [-0.15, -0.1) is 16.9 Å². The number of benzene rings is 1. The fourth-order valence-electron chi connectivity index (χ4n) is 1.43. The highest BCUT2D eigenvalue weighted by molar-refractivity contribution is 7.98. The summed E-state index contributed by atoms with van der Waals surface area (Å²) in [4.78, 5) is 1.19. The third-order valence-electron chi connectivity index (χ3n) is 2.20. The van der Waals surface area contributed by atoms with Crippen LogP contribution in [-0.4, -0.2) is 33.0 Å². The molecule has 1 heterocycles. The lowest BCUT2D eigenvalue weighted by Gasteiger charge is -2.04. The van der Waals surface area contributed by atoms with Crippen LogP contribution in [0.25, 0.3) is 5.69 Å². The smallest absolute Gasteiger partial charge is 0.157 e. The van der Waals surface area contributed by atoms with E-state index in [2.05, 4.69) is 27.7 Å². The molecule has 0 bridgehead atoms. The van der Waals surface area contributed by atoms with Crippen molar-refractivity contribution in [1.29, 1.82) is 0 Å². The minimum Gasteiger partial charge on any atom is -0.330 e. The minimum absolute atomic E-state index is 0.544. The summed E-state index contributed by atoms with van der Waals surface area (Å²) in [6, 6.07) is 8.09. The van der Waals surface area contributed by atoms with Crippen LogP contribution in [0.2, 0.25) is 0 Å². The number of thioether (sulfide) groups is 1. The van der Waals surface area contributed by atoms with Crippen molar-refractivity contribution in [2.75, 3.05) is 12.8 Å². The van der Waals surface area contributed by atoms with E-state index in [0.717, 1.165) is 11.5 Å². The molecule has 1 aromatic carbocycles. The molecule has 0 aliphatic carbocycles. The van der Waals surface area contributed by atoms with Crippen molar-refractivity contribution in [2.24, 2.45) is 5.73 Å². The minimum atomic E-state index is 0.544. The average molecular weight is 235 g/mol. The van der Waals surface area contributed by atoms with Gasteiger partial charge in [-0.2, -0.15) is 4.68 Å². The van der Waals surface area contributed by atoms with Crippen molar-refractivity contribution in [1.82, 2.24) is 20.2 Å². The van der Waals surface area contributed by atoms with Gasteiger partial charge in [0.05, 0.1) is 5.69 Å². The Balaban J connectivity index is 2.37. The van der Waals surface area contributed by atoms with Crippen LogP contribution in [0.3, 0.4) is 0 Å². The van der Waals surface area contributed by atoms with E-state index in [9.17, 15) is 0 Å². The fraction of sp³-hybridized carbons (Fsp3) is 0.300. The van der Waals surface area contributed by atoms with Crippen LogP contribution in [0.5, 0.6) is 0 Å². The summed E-state index contributed by atoms with van der Waals surface area (Å²) in [5.41, 5.74) is 6.48. The number of rotatable bonds is 4. The van der Waals surface area contributed by atoms with E-state index in [1.807, 2.05) is 18.4 Å². The van der Waals surface area contributed by atoms with E-state index in [1.54, 1.807) is 16.4 Å². The van der Waals surface area contributed by atoms with Crippen molar-refractivity contribution < 1.29 is 0 Å². The first kappa shape index (κ1) is 11.1. The van der Waals surface area contributed by atoms with Crippen LogP contribution in [0.1, 0.15) is 5.82 Å². The normalized spacial score (nSPS) is 10.6. The van der Waals surface area contributed by atoms with Crippen LogP contribution >= 0.6 is 11.8 Å². The number of nitrogens with two attached hydrogens (primary N) is 1. The largest absolute Gasteiger partial charge is 0.330 e. The molecule has 16 heavy (non-hydrogen) atoms. The summed E-state index contributed by atoms with van der Waals surface area (Å²) < 4.78 is 1.73. The molecule has 2 N–H and O–H groups in total. The Morgan fingerprint density at radius 3 is 3.06 bits per heavy atom. The summed E-state index contributed by atoms with van der Waals surface area (Å²) in [5.74, 6) is 0.792. The molecule has 0 saturated carbocycles. The van der Waals surface area contributed by atoms with Gasteiger partial charge < -0.3 is 5.73 Å². The lowest BCUT2D eigenvalue weighted by Crippen LogP contribution is -2.09. The quantitative estimate of drug-likeness (QED) is 0.797. The van der Waals surface area contributed by atoms with Gasteiger partial charge in [-0.25, -0.2) is 0 Å². The van der Waals surface area contributed by atoms with Gasteiger partial charge in [-0.1, -0.05) is 6.07 Å². The van der Waals surface area contributed by atoms with E-state index < -0.39 is 0 Å². The molecular weight excluding hydrogens is 222 g/mol. The van der Waals surface area contributed by atoms with E-state index in [4.69, 9.17) is 5.73 Å². The molecule has 0 spiro atoms. The predicted octanol–water partition coefficient (Wildman–Crippen LogP) is 0.885. The van der Waals surface area contributed by atoms with Gasteiger partial charge in [0.15, 0.2) is 5.82 Å². The molecular formula is C10H13N5S. The second-order valence-corrected chi connectivity index (χ2v) is 4.13. The van der Waals surface area contributed by atoms with E-state index >= 15 is 0 Å². The van der Waals surface area contributed by atoms with Crippen molar-refractivity contribution in [3.8, 4) is 5.69 Å². The molecule has 5 nitrogen and oxygen atoms in total. The fourth-order valence-corrected chi connectivity index (χ4v) is 1.89. The Morgan fingerprint density at radius 2 is 2.31 bits per heavy atom. The molecule has 0 unspecified atom stereocenters. The highest BCUT2D eigenvalue weighted by Crippen LogP contribution is 2.18. The summed E-state index contributed by atoms with van der Waals surface area (Å²) >= 11 is 1.69. The van der Waals surface area contributed by atoms with Crippen molar-refractivity contribution in [3.63, 3.8) is 0 Å². The molecule has 1 aromatic heterocycles. The Labute approximate surface area is 98.0 Å². The number of nitrogens with zero attached hydrogens (tertiary/aromatic N) is 4. The zero-order valence-electron chi connectivity index (χ0n) is 9.00.